The fourth-order valence-electron chi connectivity index (χ4n) is 3.29. The SMILES string of the molecule is COc1ccc(Cl)cc1-c1nn(C(C)(C)C(=O)N2CCC2)cc1-n1cccn1. The van der Waals surface area contributed by atoms with Gasteiger partial charge in [-0.1, -0.05) is 11.6 Å². The van der Waals surface area contributed by atoms with Crippen molar-refractivity contribution in [2.24, 2.45) is 0 Å². The van der Waals surface area contributed by atoms with Crippen LogP contribution in [0, 0.1) is 0 Å². The third-order valence-electron chi connectivity index (χ3n) is 5.10. The Labute approximate surface area is 168 Å². The second-order valence-electron chi connectivity index (χ2n) is 7.31. The van der Waals surface area contributed by atoms with Crippen molar-refractivity contribution < 1.29 is 9.53 Å². The average Bonchev–Trinajstić information content (AvgIpc) is 3.29. The van der Waals surface area contributed by atoms with E-state index in [4.69, 9.17) is 21.4 Å². The Hall–Kier alpha value is -2.80. The summed E-state index contributed by atoms with van der Waals surface area (Å²) in [4.78, 5) is 14.8. The van der Waals surface area contributed by atoms with E-state index in [0.29, 0.717) is 16.5 Å². The lowest BCUT2D eigenvalue weighted by molar-refractivity contribution is -0.143. The van der Waals surface area contributed by atoms with Crippen LogP contribution < -0.4 is 4.74 Å². The second-order valence-corrected chi connectivity index (χ2v) is 7.74. The van der Waals surface area contributed by atoms with Gasteiger partial charge in [0.1, 0.15) is 22.7 Å². The van der Waals surface area contributed by atoms with Gasteiger partial charge in [0.25, 0.3) is 0 Å². The topological polar surface area (TPSA) is 65.2 Å². The van der Waals surface area contributed by atoms with Gasteiger partial charge in [-0.05, 0) is 44.5 Å². The van der Waals surface area contributed by atoms with Gasteiger partial charge in [0.05, 0.1) is 13.3 Å². The Kier molecular flexibility index (Phi) is 4.63. The van der Waals surface area contributed by atoms with E-state index < -0.39 is 5.54 Å². The number of carbonyl (C=O) groups excluding carboxylic acids is 1. The van der Waals surface area contributed by atoms with E-state index in [1.807, 2.05) is 43.3 Å². The van der Waals surface area contributed by atoms with Crippen LogP contribution >= 0.6 is 11.6 Å². The van der Waals surface area contributed by atoms with Crippen LogP contribution in [-0.2, 0) is 10.3 Å². The highest BCUT2D eigenvalue weighted by Gasteiger charge is 2.37. The molecule has 7 nitrogen and oxygen atoms in total. The summed E-state index contributed by atoms with van der Waals surface area (Å²) >= 11 is 6.24. The maximum Gasteiger partial charge on any atom is 0.249 e. The minimum Gasteiger partial charge on any atom is -0.496 e. The van der Waals surface area contributed by atoms with Crippen molar-refractivity contribution in [1.82, 2.24) is 24.5 Å². The van der Waals surface area contributed by atoms with Crippen LogP contribution in [0.15, 0.2) is 42.9 Å². The average molecular weight is 400 g/mol. The van der Waals surface area contributed by atoms with Crippen molar-refractivity contribution in [2.45, 2.75) is 25.8 Å². The number of hydrogen-bond acceptors (Lipinski definition) is 4. The van der Waals surface area contributed by atoms with Crippen molar-refractivity contribution in [3.63, 3.8) is 0 Å². The molecule has 1 aliphatic rings. The number of hydrogen-bond donors (Lipinski definition) is 0. The molecule has 3 heterocycles. The molecule has 1 amide bonds. The molecule has 0 aliphatic carbocycles. The first-order chi connectivity index (χ1) is 13.4. The predicted molar refractivity (Wildman–Crippen MR) is 107 cm³/mol. The van der Waals surface area contributed by atoms with Gasteiger partial charge >= 0.3 is 0 Å². The molecule has 2 aromatic heterocycles. The summed E-state index contributed by atoms with van der Waals surface area (Å²) in [5, 5.41) is 9.71. The molecule has 4 rings (SSSR count). The van der Waals surface area contributed by atoms with Crippen LogP contribution in [-0.4, -0.2) is 50.6 Å². The van der Waals surface area contributed by atoms with Crippen LogP contribution in [0.4, 0.5) is 0 Å². The Morgan fingerprint density at radius 1 is 1.29 bits per heavy atom. The van der Waals surface area contributed by atoms with Crippen LogP contribution in [0.1, 0.15) is 20.3 Å². The van der Waals surface area contributed by atoms with E-state index in [9.17, 15) is 4.79 Å². The molecule has 0 radical (unpaired) electrons. The number of amides is 1. The van der Waals surface area contributed by atoms with E-state index in [-0.39, 0.29) is 5.91 Å². The number of methoxy groups -OCH3 is 1. The van der Waals surface area contributed by atoms with Crippen LogP contribution in [0.2, 0.25) is 5.02 Å². The van der Waals surface area contributed by atoms with Gasteiger partial charge in [-0.25, -0.2) is 4.68 Å². The lowest BCUT2D eigenvalue weighted by Gasteiger charge is -2.37. The fraction of sp³-hybridized carbons (Fsp3) is 0.350. The molecule has 0 N–H and O–H groups in total. The number of aromatic nitrogens is 4. The number of ether oxygens (including phenoxy) is 1. The molecule has 0 atom stereocenters. The smallest absolute Gasteiger partial charge is 0.249 e. The third-order valence-corrected chi connectivity index (χ3v) is 5.34. The quantitative estimate of drug-likeness (QED) is 0.659. The number of nitrogens with zero attached hydrogens (tertiary/aromatic N) is 5. The van der Waals surface area contributed by atoms with Gasteiger partial charge in [-0.3, -0.25) is 9.48 Å². The summed E-state index contributed by atoms with van der Waals surface area (Å²) in [5.74, 6) is 0.702. The Bertz CT molecular complexity index is 1010. The van der Waals surface area contributed by atoms with E-state index in [0.717, 1.165) is 30.8 Å². The van der Waals surface area contributed by atoms with Crippen molar-refractivity contribution in [3.05, 3.63) is 47.9 Å². The molecule has 1 aliphatic heterocycles. The molecule has 1 saturated heterocycles. The molecule has 1 aromatic carbocycles. The molecule has 146 valence electrons. The first-order valence-electron chi connectivity index (χ1n) is 9.15. The number of rotatable bonds is 5. The highest BCUT2D eigenvalue weighted by molar-refractivity contribution is 6.31. The summed E-state index contributed by atoms with van der Waals surface area (Å²) in [5.41, 5.74) is 1.31. The van der Waals surface area contributed by atoms with Crippen molar-refractivity contribution in [2.75, 3.05) is 20.2 Å². The number of likely N-dealkylation sites (tertiary alicyclic amines) is 1. The minimum atomic E-state index is -0.827. The second kappa shape index (κ2) is 6.98. The van der Waals surface area contributed by atoms with E-state index in [2.05, 4.69) is 5.10 Å². The summed E-state index contributed by atoms with van der Waals surface area (Å²) < 4.78 is 8.96. The zero-order valence-electron chi connectivity index (χ0n) is 16.1. The summed E-state index contributed by atoms with van der Waals surface area (Å²) in [6.07, 6.45) is 6.43. The van der Waals surface area contributed by atoms with Crippen LogP contribution in [0.3, 0.4) is 0 Å². The van der Waals surface area contributed by atoms with E-state index in [1.54, 1.807) is 34.8 Å². The molecule has 1 fully saturated rings. The molecule has 3 aromatic rings. The van der Waals surface area contributed by atoms with E-state index in [1.165, 1.54) is 0 Å². The summed E-state index contributed by atoms with van der Waals surface area (Å²) in [6.45, 7) is 5.36. The highest BCUT2D eigenvalue weighted by Crippen LogP contribution is 2.36. The lowest BCUT2D eigenvalue weighted by Crippen LogP contribution is -2.52. The standard InChI is InChI=1S/C20H22ClN5O2/c1-20(2,19(27)24-9-5-10-24)26-13-16(25-11-4-8-22-25)18(23-26)15-12-14(21)6-7-17(15)28-3/h4,6-8,11-13H,5,9-10H2,1-3H3. The normalized spacial score (nSPS) is 14.1. The zero-order chi connectivity index (χ0) is 19.9. The Morgan fingerprint density at radius 3 is 2.68 bits per heavy atom. The Balaban J connectivity index is 1.87. The van der Waals surface area contributed by atoms with Gasteiger partial charge in [0.15, 0.2) is 0 Å². The minimum absolute atomic E-state index is 0.0536. The van der Waals surface area contributed by atoms with Crippen LogP contribution in [0.25, 0.3) is 16.9 Å². The third kappa shape index (κ3) is 3.05. The van der Waals surface area contributed by atoms with E-state index >= 15 is 0 Å². The molecule has 28 heavy (non-hydrogen) atoms. The van der Waals surface area contributed by atoms with Gasteiger partial charge in [-0.15, -0.1) is 0 Å². The molecule has 0 spiro atoms. The molecular formula is C20H22ClN5O2. The van der Waals surface area contributed by atoms with Crippen molar-refractivity contribution >= 4 is 17.5 Å². The maximum atomic E-state index is 13.0. The molecule has 8 heteroatoms. The number of carbonyl (C=O) groups is 1. The monoisotopic (exact) mass is 399 g/mol. The summed E-state index contributed by atoms with van der Waals surface area (Å²) in [7, 11) is 1.61. The summed E-state index contributed by atoms with van der Waals surface area (Å²) in [6, 6.07) is 7.22. The number of benzene rings is 1. The van der Waals surface area contributed by atoms with Gasteiger partial charge in [0, 0.05) is 36.1 Å². The lowest BCUT2D eigenvalue weighted by atomic mass is 10.0. The van der Waals surface area contributed by atoms with Gasteiger partial charge < -0.3 is 9.64 Å². The Morgan fingerprint density at radius 2 is 2.07 bits per heavy atom. The van der Waals surface area contributed by atoms with Gasteiger partial charge in [-0.2, -0.15) is 10.2 Å². The molecule has 0 bridgehead atoms. The maximum absolute atomic E-state index is 13.0. The predicted octanol–water partition coefficient (Wildman–Crippen LogP) is 3.37. The van der Waals surface area contributed by atoms with Crippen molar-refractivity contribution in [3.8, 4) is 22.7 Å². The van der Waals surface area contributed by atoms with Gasteiger partial charge in [0.2, 0.25) is 5.91 Å². The first-order valence-corrected chi connectivity index (χ1v) is 9.53. The van der Waals surface area contributed by atoms with Crippen LogP contribution in [0.5, 0.6) is 5.75 Å². The van der Waals surface area contributed by atoms with Crippen molar-refractivity contribution in [1.29, 1.82) is 0 Å². The highest BCUT2D eigenvalue weighted by atomic mass is 35.5. The molecule has 0 unspecified atom stereocenters. The molecule has 0 saturated carbocycles. The zero-order valence-corrected chi connectivity index (χ0v) is 16.8. The first kappa shape index (κ1) is 18.6. The fourth-order valence-corrected chi connectivity index (χ4v) is 3.46. The number of halogens is 1. The largest absolute Gasteiger partial charge is 0.496 e. The molecular weight excluding hydrogens is 378 g/mol.